The highest BCUT2D eigenvalue weighted by atomic mass is 14.7. The van der Waals surface area contributed by atoms with E-state index < -0.39 is 0 Å². The van der Waals surface area contributed by atoms with Crippen LogP contribution in [0, 0.1) is 13.8 Å². The lowest BCUT2D eigenvalue weighted by Crippen LogP contribution is -1.98. The van der Waals surface area contributed by atoms with Crippen molar-refractivity contribution in [2.45, 2.75) is 59.3 Å². The fourth-order valence-electron chi connectivity index (χ4n) is 2.71. The van der Waals surface area contributed by atoms with Gasteiger partial charge in [0.2, 0.25) is 0 Å². The first-order valence-corrected chi connectivity index (χ1v) is 7.78. The lowest BCUT2D eigenvalue weighted by molar-refractivity contribution is 0.631. The van der Waals surface area contributed by atoms with Crippen molar-refractivity contribution in [2.75, 3.05) is 5.73 Å². The maximum atomic E-state index is 5.96. The van der Waals surface area contributed by atoms with Crippen molar-refractivity contribution in [3.8, 4) is 0 Å². The minimum Gasteiger partial charge on any atom is -0.398 e. The maximum Gasteiger partial charge on any atom is 0.0755 e. The summed E-state index contributed by atoms with van der Waals surface area (Å²) in [5.41, 5.74) is 11.5. The van der Waals surface area contributed by atoms with Crippen LogP contribution >= 0.6 is 0 Å². The summed E-state index contributed by atoms with van der Waals surface area (Å²) >= 11 is 0. The third-order valence-electron chi connectivity index (χ3n) is 4.13. The Labute approximate surface area is 122 Å². The van der Waals surface area contributed by atoms with Crippen molar-refractivity contribution >= 4 is 16.6 Å². The van der Waals surface area contributed by atoms with E-state index in [0.717, 1.165) is 28.9 Å². The second kappa shape index (κ2) is 6.74. The van der Waals surface area contributed by atoms with Gasteiger partial charge < -0.3 is 5.73 Å². The van der Waals surface area contributed by atoms with Gasteiger partial charge in [0.15, 0.2) is 0 Å². The summed E-state index contributed by atoms with van der Waals surface area (Å²) in [7, 11) is 0. The van der Waals surface area contributed by atoms with E-state index in [9.17, 15) is 0 Å². The number of fused-ring (bicyclic) bond motifs is 1. The molecule has 1 aromatic heterocycles. The molecule has 0 unspecified atom stereocenters. The van der Waals surface area contributed by atoms with Crippen LogP contribution in [-0.4, -0.2) is 4.98 Å². The minimum absolute atomic E-state index is 0.830. The van der Waals surface area contributed by atoms with Crippen LogP contribution in [0.25, 0.3) is 10.9 Å². The van der Waals surface area contributed by atoms with Gasteiger partial charge in [0.05, 0.1) is 5.52 Å². The molecule has 2 N–H and O–H groups in total. The average Bonchev–Trinajstić information content (AvgIpc) is 2.44. The van der Waals surface area contributed by atoms with Gasteiger partial charge in [-0.25, -0.2) is 0 Å². The molecule has 0 amide bonds. The van der Waals surface area contributed by atoms with Crippen LogP contribution in [-0.2, 0) is 6.42 Å². The van der Waals surface area contributed by atoms with E-state index >= 15 is 0 Å². The molecule has 20 heavy (non-hydrogen) atoms. The monoisotopic (exact) mass is 270 g/mol. The fourth-order valence-corrected chi connectivity index (χ4v) is 2.71. The first-order chi connectivity index (χ1) is 9.63. The van der Waals surface area contributed by atoms with Crippen molar-refractivity contribution in [3.05, 3.63) is 35.0 Å². The number of nitrogens with two attached hydrogens (primary N) is 1. The van der Waals surface area contributed by atoms with Crippen LogP contribution in [0.1, 0.15) is 55.8 Å². The summed E-state index contributed by atoms with van der Waals surface area (Å²) < 4.78 is 0. The first kappa shape index (κ1) is 14.8. The Balaban J connectivity index is 2.15. The Bertz CT molecular complexity index is 587. The van der Waals surface area contributed by atoms with Crippen LogP contribution in [0.2, 0.25) is 0 Å². The first-order valence-electron chi connectivity index (χ1n) is 7.78. The highest BCUT2D eigenvalue weighted by Crippen LogP contribution is 2.24. The van der Waals surface area contributed by atoms with E-state index in [1.165, 1.54) is 43.1 Å². The molecule has 0 spiro atoms. The molecular formula is C18H26N2. The van der Waals surface area contributed by atoms with Gasteiger partial charge in [0, 0.05) is 16.8 Å². The Morgan fingerprint density at radius 2 is 1.80 bits per heavy atom. The lowest BCUT2D eigenvalue weighted by atomic mass is 10.0. The van der Waals surface area contributed by atoms with Crippen molar-refractivity contribution < 1.29 is 0 Å². The second-order valence-electron chi connectivity index (χ2n) is 5.75. The van der Waals surface area contributed by atoms with Gasteiger partial charge in [-0.1, -0.05) is 38.7 Å². The van der Waals surface area contributed by atoms with E-state index in [0.29, 0.717) is 0 Å². The number of nitrogens with zero attached hydrogens (tertiary/aromatic N) is 1. The topological polar surface area (TPSA) is 38.9 Å². The standard InChI is InChI=1S/C18H26N2/c1-4-5-6-7-8-9-15-12-16-10-11-17(19)13(2)18(16)20-14(15)3/h10-12H,4-9,19H2,1-3H3. The largest absolute Gasteiger partial charge is 0.398 e. The van der Waals surface area contributed by atoms with Gasteiger partial charge >= 0.3 is 0 Å². The Morgan fingerprint density at radius 1 is 1.05 bits per heavy atom. The zero-order valence-corrected chi connectivity index (χ0v) is 13.0. The third kappa shape index (κ3) is 3.30. The van der Waals surface area contributed by atoms with Gasteiger partial charge in [-0.05, 0) is 49.9 Å². The van der Waals surface area contributed by atoms with Crippen molar-refractivity contribution in [2.24, 2.45) is 0 Å². The third-order valence-corrected chi connectivity index (χ3v) is 4.13. The molecule has 2 heteroatoms. The highest BCUT2D eigenvalue weighted by molar-refractivity contribution is 5.86. The van der Waals surface area contributed by atoms with Gasteiger partial charge in [-0.3, -0.25) is 4.98 Å². The number of hydrogen-bond donors (Lipinski definition) is 1. The van der Waals surface area contributed by atoms with Gasteiger partial charge in [-0.2, -0.15) is 0 Å². The molecular weight excluding hydrogens is 244 g/mol. The van der Waals surface area contributed by atoms with E-state index in [2.05, 4.69) is 32.9 Å². The molecule has 0 radical (unpaired) electrons. The quantitative estimate of drug-likeness (QED) is 0.596. The second-order valence-corrected chi connectivity index (χ2v) is 5.75. The van der Waals surface area contributed by atoms with E-state index in [1.54, 1.807) is 0 Å². The van der Waals surface area contributed by atoms with Crippen LogP contribution in [0.5, 0.6) is 0 Å². The molecule has 0 aliphatic rings. The molecule has 2 nitrogen and oxygen atoms in total. The SMILES string of the molecule is CCCCCCCc1cc2ccc(N)c(C)c2nc1C. The maximum absolute atomic E-state index is 5.96. The van der Waals surface area contributed by atoms with Gasteiger partial charge in [-0.15, -0.1) is 0 Å². The number of unbranched alkanes of at least 4 members (excludes halogenated alkanes) is 4. The van der Waals surface area contributed by atoms with Crippen LogP contribution in [0.15, 0.2) is 18.2 Å². The van der Waals surface area contributed by atoms with Crippen molar-refractivity contribution in [1.82, 2.24) is 4.98 Å². The summed E-state index contributed by atoms with van der Waals surface area (Å²) in [6, 6.07) is 6.37. The van der Waals surface area contributed by atoms with E-state index in [1.807, 2.05) is 6.07 Å². The molecule has 0 saturated carbocycles. The lowest BCUT2D eigenvalue weighted by Gasteiger charge is -2.10. The summed E-state index contributed by atoms with van der Waals surface area (Å²) in [5, 5.41) is 1.21. The normalized spacial score (nSPS) is 11.2. The predicted octanol–water partition coefficient (Wildman–Crippen LogP) is 4.95. The molecule has 108 valence electrons. The molecule has 0 fully saturated rings. The summed E-state index contributed by atoms with van der Waals surface area (Å²) in [5.74, 6) is 0. The zero-order chi connectivity index (χ0) is 14.5. The number of nitrogen functional groups attached to an aromatic ring is 1. The molecule has 0 aliphatic heterocycles. The molecule has 0 atom stereocenters. The summed E-state index contributed by atoms with van der Waals surface area (Å²) in [6.45, 7) is 6.42. The molecule has 0 bridgehead atoms. The van der Waals surface area contributed by atoms with E-state index in [-0.39, 0.29) is 0 Å². The molecule has 2 aromatic rings. The summed E-state index contributed by atoms with van der Waals surface area (Å²) in [6.07, 6.45) is 7.74. The summed E-state index contributed by atoms with van der Waals surface area (Å²) in [4.78, 5) is 4.77. The zero-order valence-electron chi connectivity index (χ0n) is 13.0. The molecule has 1 aromatic carbocycles. The number of anilines is 1. The Morgan fingerprint density at radius 3 is 2.55 bits per heavy atom. The Hall–Kier alpha value is -1.57. The predicted molar refractivity (Wildman–Crippen MR) is 88.1 cm³/mol. The highest BCUT2D eigenvalue weighted by Gasteiger charge is 2.07. The number of aryl methyl sites for hydroxylation is 3. The average molecular weight is 270 g/mol. The molecule has 2 rings (SSSR count). The number of benzene rings is 1. The number of rotatable bonds is 6. The van der Waals surface area contributed by atoms with Crippen molar-refractivity contribution in [3.63, 3.8) is 0 Å². The number of hydrogen-bond acceptors (Lipinski definition) is 2. The van der Waals surface area contributed by atoms with E-state index in [4.69, 9.17) is 10.7 Å². The minimum atomic E-state index is 0.830. The van der Waals surface area contributed by atoms with Gasteiger partial charge in [0.1, 0.15) is 0 Å². The van der Waals surface area contributed by atoms with Crippen LogP contribution < -0.4 is 5.73 Å². The Kier molecular flexibility index (Phi) is 4.99. The van der Waals surface area contributed by atoms with Crippen LogP contribution in [0.4, 0.5) is 5.69 Å². The molecule has 1 heterocycles. The number of aromatic nitrogens is 1. The molecule has 0 aliphatic carbocycles. The van der Waals surface area contributed by atoms with Gasteiger partial charge in [0.25, 0.3) is 0 Å². The fraction of sp³-hybridized carbons (Fsp3) is 0.500. The van der Waals surface area contributed by atoms with Crippen LogP contribution in [0.3, 0.4) is 0 Å². The smallest absolute Gasteiger partial charge is 0.0755 e. The number of pyridine rings is 1. The van der Waals surface area contributed by atoms with Crippen molar-refractivity contribution in [1.29, 1.82) is 0 Å². The molecule has 0 saturated heterocycles.